The molecule has 0 aliphatic carbocycles. The number of aromatic nitrogens is 3. The van der Waals surface area contributed by atoms with Crippen molar-refractivity contribution in [2.75, 3.05) is 6.61 Å². The lowest BCUT2D eigenvalue weighted by Gasteiger charge is -2.12. The van der Waals surface area contributed by atoms with E-state index in [2.05, 4.69) is 16.1 Å². The van der Waals surface area contributed by atoms with Crippen LogP contribution in [0.25, 0.3) is 5.52 Å². The third-order valence-electron chi connectivity index (χ3n) is 3.76. The maximum atomic E-state index is 6.40. The molecular formula is C15H14N4O. The molecule has 1 aliphatic rings. The number of ether oxygens (including phenoxy) is 1. The summed E-state index contributed by atoms with van der Waals surface area (Å²) in [6.07, 6.45) is 8.08. The molecule has 0 radical (unpaired) electrons. The fraction of sp³-hybridized carbons (Fsp3) is 0.200. The average Bonchev–Trinajstić information content (AvgIpc) is 3.12. The first kappa shape index (κ1) is 11.4. The van der Waals surface area contributed by atoms with Crippen molar-refractivity contribution in [2.45, 2.75) is 12.5 Å². The molecule has 1 atom stereocenters. The quantitative estimate of drug-likeness (QED) is 0.767. The van der Waals surface area contributed by atoms with Gasteiger partial charge in [0.1, 0.15) is 5.75 Å². The van der Waals surface area contributed by atoms with Gasteiger partial charge < -0.3 is 10.5 Å². The van der Waals surface area contributed by atoms with Gasteiger partial charge in [-0.1, -0.05) is 12.1 Å². The highest BCUT2D eigenvalue weighted by molar-refractivity contribution is 5.56. The number of rotatable bonds is 2. The zero-order valence-corrected chi connectivity index (χ0v) is 10.9. The summed E-state index contributed by atoms with van der Waals surface area (Å²) in [5, 5.41) is 4.31. The minimum absolute atomic E-state index is 0.206. The topological polar surface area (TPSA) is 65.4 Å². The van der Waals surface area contributed by atoms with Crippen molar-refractivity contribution in [1.82, 2.24) is 14.6 Å². The third kappa shape index (κ3) is 1.67. The van der Waals surface area contributed by atoms with Crippen LogP contribution in [0.2, 0.25) is 0 Å². The smallest absolute Gasteiger partial charge is 0.122 e. The van der Waals surface area contributed by atoms with Crippen molar-refractivity contribution in [1.29, 1.82) is 0 Å². The molecule has 2 aromatic heterocycles. The molecule has 2 N–H and O–H groups in total. The average molecular weight is 266 g/mol. The van der Waals surface area contributed by atoms with E-state index in [4.69, 9.17) is 10.5 Å². The van der Waals surface area contributed by atoms with Crippen LogP contribution in [0.5, 0.6) is 5.75 Å². The lowest BCUT2D eigenvalue weighted by atomic mass is 9.98. The van der Waals surface area contributed by atoms with Gasteiger partial charge >= 0.3 is 0 Å². The number of hydrogen-bond donors (Lipinski definition) is 1. The fourth-order valence-corrected chi connectivity index (χ4v) is 2.67. The van der Waals surface area contributed by atoms with Crippen molar-refractivity contribution >= 4 is 5.52 Å². The molecule has 1 aromatic carbocycles. The number of benzene rings is 1. The van der Waals surface area contributed by atoms with Crippen molar-refractivity contribution in [3.8, 4) is 5.75 Å². The zero-order chi connectivity index (χ0) is 13.5. The van der Waals surface area contributed by atoms with Crippen LogP contribution in [-0.4, -0.2) is 21.2 Å². The number of fused-ring (bicyclic) bond motifs is 2. The van der Waals surface area contributed by atoms with Crippen LogP contribution in [0.15, 0.2) is 43.0 Å². The largest absolute Gasteiger partial charge is 0.493 e. The summed E-state index contributed by atoms with van der Waals surface area (Å²) < 4.78 is 7.32. The second kappa shape index (κ2) is 4.31. The Morgan fingerprint density at radius 3 is 3.20 bits per heavy atom. The Bertz CT molecular complexity index is 780. The van der Waals surface area contributed by atoms with Gasteiger partial charge in [-0.2, -0.15) is 5.10 Å². The molecule has 0 saturated carbocycles. The molecule has 0 fully saturated rings. The molecule has 100 valence electrons. The Balaban J connectivity index is 1.78. The van der Waals surface area contributed by atoms with Gasteiger partial charge in [-0.3, -0.25) is 4.98 Å². The fourth-order valence-electron chi connectivity index (χ4n) is 2.67. The van der Waals surface area contributed by atoms with E-state index in [0.29, 0.717) is 0 Å². The van der Waals surface area contributed by atoms with Gasteiger partial charge in [0, 0.05) is 24.4 Å². The van der Waals surface area contributed by atoms with Crippen LogP contribution in [0.1, 0.15) is 22.7 Å². The van der Waals surface area contributed by atoms with Crippen molar-refractivity contribution in [3.63, 3.8) is 0 Å². The van der Waals surface area contributed by atoms with Crippen LogP contribution >= 0.6 is 0 Å². The lowest BCUT2D eigenvalue weighted by molar-refractivity contribution is 0.357. The number of hydrogen-bond acceptors (Lipinski definition) is 4. The van der Waals surface area contributed by atoms with Crippen molar-refractivity contribution in [3.05, 3.63) is 59.7 Å². The van der Waals surface area contributed by atoms with Crippen LogP contribution in [0.4, 0.5) is 0 Å². The van der Waals surface area contributed by atoms with Gasteiger partial charge in [-0.15, -0.1) is 0 Å². The Morgan fingerprint density at radius 2 is 2.25 bits per heavy atom. The maximum Gasteiger partial charge on any atom is 0.122 e. The monoisotopic (exact) mass is 266 g/mol. The van der Waals surface area contributed by atoms with Gasteiger partial charge in [-0.05, 0) is 17.2 Å². The van der Waals surface area contributed by atoms with E-state index in [1.165, 1.54) is 5.56 Å². The first-order chi connectivity index (χ1) is 9.83. The Kier molecular flexibility index (Phi) is 2.47. The van der Waals surface area contributed by atoms with E-state index in [9.17, 15) is 0 Å². The van der Waals surface area contributed by atoms with E-state index in [1.54, 1.807) is 16.9 Å². The van der Waals surface area contributed by atoms with E-state index >= 15 is 0 Å². The van der Waals surface area contributed by atoms with Crippen LogP contribution in [0, 0.1) is 0 Å². The van der Waals surface area contributed by atoms with Gasteiger partial charge in [0.2, 0.25) is 0 Å². The molecule has 0 spiro atoms. The number of nitrogens with zero attached hydrogens (tertiary/aromatic N) is 3. The second-order valence-corrected chi connectivity index (χ2v) is 4.95. The molecule has 0 saturated heterocycles. The third-order valence-corrected chi connectivity index (χ3v) is 3.76. The minimum Gasteiger partial charge on any atom is -0.493 e. The van der Waals surface area contributed by atoms with E-state index in [0.717, 1.165) is 35.4 Å². The molecule has 1 unspecified atom stereocenters. The Hall–Kier alpha value is -2.40. The van der Waals surface area contributed by atoms with Gasteiger partial charge in [0.25, 0.3) is 0 Å². The lowest BCUT2D eigenvalue weighted by Crippen LogP contribution is -2.11. The predicted molar refractivity (Wildman–Crippen MR) is 74.7 cm³/mol. The van der Waals surface area contributed by atoms with Crippen molar-refractivity contribution in [2.24, 2.45) is 5.73 Å². The van der Waals surface area contributed by atoms with Crippen molar-refractivity contribution < 1.29 is 4.74 Å². The second-order valence-electron chi connectivity index (χ2n) is 4.95. The summed E-state index contributed by atoms with van der Waals surface area (Å²) in [7, 11) is 0. The first-order valence-corrected chi connectivity index (χ1v) is 6.61. The van der Waals surface area contributed by atoms with Crippen LogP contribution < -0.4 is 10.5 Å². The molecule has 3 heterocycles. The summed E-state index contributed by atoms with van der Waals surface area (Å²) in [6.45, 7) is 0.759. The predicted octanol–water partition coefficient (Wildman–Crippen LogP) is 1.71. The van der Waals surface area contributed by atoms with Gasteiger partial charge in [0.05, 0.1) is 30.6 Å². The normalized spacial score (nSPS) is 15.1. The van der Waals surface area contributed by atoms with E-state index in [1.807, 2.05) is 24.5 Å². The molecule has 5 heteroatoms. The number of nitrogens with two attached hydrogens (primary N) is 1. The summed E-state index contributed by atoms with van der Waals surface area (Å²) in [6, 6.07) is 5.95. The highest BCUT2D eigenvalue weighted by Gasteiger charge is 2.18. The van der Waals surface area contributed by atoms with Gasteiger partial charge in [0.15, 0.2) is 0 Å². The highest BCUT2D eigenvalue weighted by Crippen LogP contribution is 2.30. The maximum absolute atomic E-state index is 6.40. The molecule has 5 nitrogen and oxygen atoms in total. The molecule has 0 amide bonds. The van der Waals surface area contributed by atoms with Gasteiger partial charge in [-0.25, -0.2) is 4.52 Å². The van der Waals surface area contributed by atoms with E-state index < -0.39 is 0 Å². The summed E-state index contributed by atoms with van der Waals surface area (Å²) in [5.74, 6) is 0.975. The van der Waals surface area contributed by atoms with E-state index in [-0.39, 0.29) is 6.04 Å². The summed E-state index contributed by atoms with van der Waals surface area (Å²) in [5.41, 5.74) is 10.6. The molecular weight excluding hydrogens is 252 g/mol. The first-order valence-electron chi connectivity index (χ1n) is 6.61. The molecule has 20 heavy (non-hydrogen) atoms. The van der Waals surface area contributed by atoms with Crippen LogP contribution in [-0.2, 0) is 6.42 Å². The Morgan fingerprint density at radius 1 is 1.30 bits per heavy atom. The zero-order valence-electron chi connectivity index (χ0n) is 10.9. The molecule has 4 rings (SSSR count). The molecule has 1 aliphatic heterocycles. The minimum atomic E-state index is -0.206. The standard InChI is InChI=1S/C15H14N4O/c16-15(11-1-2-14-10(7-11)3-6-20-14)12-8-18-19-5-4-17-9-13(12)19/h1-2,4-5,7-9,15H,3,6,16H2. The summed E-state index contributed by atoms with van der Waals surface area (Å²) in [4.78, 5) is 4.14. The summed E-state index contributed by atoms with van der Waals surface area (Å²) >= 11 is 0. The SMILES string of the molecule is NC(c1ccc2c(c1)CCO2)c1cnn2ccncc12. The molecule has 3 aromatic rings. The van der Waals surface area contributed by atoms with Crippen LogP contribution in [0.3, 0.4) is 0 Å². The highest BCUT2D eigenvalue weighted by atomic mass is 16.5. The Labute approximate surface area is 116 Å². The molecule has 0 bridgehead atoms.